The molecule has 0 saturated heterocycles. The van der Waals surface area contributed by atoms with E-state index in [1.807, 2.05) is 18.2 Å². The zero-order valence-corrected chi connectivity index (χ0v) is 10.9. The Balaban J connectivity index is 2.30. The zero-order chi connectivity index (χ0) is 15.2. The van der Waals surface area contributed by atoms with Crippen molar-refractivity contribution in [2.24, 2.45) is 0 Å². The number of nitrogens with one attached hydrogen (secondary N) is 1. The van der Waals surface area contributed by atoms with E-state index >= 15 is 0 Å². The first-order valence-corrected chi connectivity index (χ1v) is 6.02. The first-order chi connectivity index (χ1) is 10.1. The molecule has 0 bridgehead atoms. The van der Waals surface area contributed by atoms with Crippen LogP contribution in [0.1, 0.15) is 5.56 Å². The van der Waals surface area contributed by atoms with E-state index in [0.29, 0.717) is 0 Å². The fourth-order valence-corrected chi connectivity index (χ4v) is 1.76. The van der Waals surface area contributed by atoms with Crippen LogP contribution in [0.5, 0.6) is 5.75 Å². The number of nitrogens with zero attached hydrogens (tertiary/aromatic N) is 1. The highest BCUT2D eigenvalue weighted by atomic mass is 16.6. The fourth-order valence-electron chi connectivity index (χ4n) is 1.76. The first kappa shape index (κ1) is 14.3. The summed E-state index contributed by atoms with van der Waals surface area (Å²) in [5, 5.41) is 21.9. The zero-order valence-electron chi connectivity index (χ0n) is 10.9. The topological polar surface area (TPSA) is 102 Å². The normalized spacial score (nSPS) is 9.90. The molecule has 0 aliphatic carbocycles. The summed E-state index contributed by atoms with van der Waals surface area (Å²) >= 11 is 0. The minimum absolute atomic E-state index is 0.0348. The summed E-state index contributed by atoms with van der Waals surface area (Å²) in [5.41, 5.74) is 0.557. The molecule has 7 heteroatoms. The Kier molecular flexibility index (Phi) is 4.35. The van der Waals surface area contributed by atoms with Crippen molar-refractivity contribution in [3.05, 3.63) is 64.2 Å². The number of benzene rings is 2. The molecule has 2 aromatic rings. The molecule has 2 N–H and O–H groups in total. The van der Waals surface area contributed by atoms with E-state index in [9.17, 15) is 14.9 Å². The molecule has 108 valence electrons. The fraction of sp³-hybridized carbons (Fsp3) is 0.0714. The van der Waals surface area contributed by atoms with Gasteiger partial charge in [-0.3, -0.25) is 15.4 Å². The Hall–Kier alpha value is -3.09. The van der Waals surface area contributed by atoms with E-state index in [1.54, 1.807) is 12.1 Å². The Morgan fingerprint density at radius 3 is 2.52 bits per heavy atom. The third-order valence-electron chi connectivity index (χ3n) is 2.66. The number of ether oxygens (including phenoxy) is 1. The highest BCUT2D eigenvalue weighted by Crippen LogP contribution is 2.35. The smallest absolute Gasteiger partial charge is 0.409 e. The van der Waals surface area contributed by atoms with Gasteiger partial charge in [-0.2, -0.15) is 0 Å². The van der Waals surface area contributed by atoms with Gasteiger partial charge in [0.15, 0.2) is 0 Å². The number of hydrogen-bond donors (Lipinski definition) is 2. The molecule has 0 fully saturated rings. The molecule has 0 heterocycles. The van der Waals surface area contributed by atoms with E-state index < -0.39 is 11.0 Å². The first-order valence-electron chi connectivity index (χ1n) is 6.02. The molecule has 0 aliphatic rings. The maximum atomic E-state index is 11.0. The molecule has 0 radical (unpaired) electrons. The third-order valence-corrected chi connectivity index (χ3v) is 2.66. The van der Waals surface area contributed by atoms with Gasteiger partial charge < -0.3 is 9.84 Å². The number of anilines is 1. The Morgan fingerprint density at radius 2 is 1.90 bits per heavy atom. The van der Waals surface area contributed by atoms with Crippen LogP contribution in [0.15, 0.2) is 48.5 Å². The van der Waals surface area contributed by atoms with Crippen molar-refractivity contribution in [3.63, 3.8) is 0 Å². The van der Waals surface area contributed by atoms with Gasteiger partial charge in [0.2, 0.25) is 5.75 Å². The quantitative estimate of drug-likeness (QED) is 0.649. The van der Waals surface area contributed by atoms with Gasteiger partial charge in [-0.1, -0.05) is 36.4 Å². The molecule has 0 aliphatic heterocycles. The van der Waals surface area contributed by atoms with Crippen molar-refractivity contribution in [1.29, 1.82) is 0 Å². The van der Waals surface area contributed by atoms with Crippen LogP contribution in [0, 0.1) is 10.1 Å². The van der Waals surface area contributed by atoms with Crippen molar-refractivity contribution in [3.8, 4) is 5.75 Å². The van der Waals surface area contributed by atoms with Gasteiger partial charge in [0.25, 0.3) is 0 Å². The number of amides is 1. The monoisotopic (exact) mass is 288 g/mol. The van der Waals surface area contributed by atoms with Gasteiger partial charge in [0, 0.05) is 6.07 Å². The second kappa shape index (κ2) is 6.38. The number of nitro groups is 1. The average molecular weight is 288 g/mol. The second-order valence-corrected chi connectivity index (χ2v) is 4.12. The average Bonchev–Trinajstić information content (AvgIpc) is 2.46. The van der Waals surface area contributed by atoms with Gasteiger partial charge in [0.1, 0.15) is 6.61 Å². The van der Waals surface area contributed by atoms with Crippen LogP contribution in [0.2, 0.25) is 0 Å². The standard InChI is InChI=1S/C14H12N2O5/c17-14(18)15-11-7-4-8-12(16(19)20)13(11)21-9-10-5-2-1-3-6-10/h1-8,15H,9H2,(H,17,18). The van der Waals surface area contributed by atoms with Crippen LogP contribution >= 0.6 is 0 Å². The Labute approximate surface area is 119 Å². The lowest BCUT2D eigenvalue weighted by Gasteiger charge is -2.11. The van der Waals surface area contributed by atoms with Crippen LogP contribution in [0.25, 0.3) is 0 Å². The van der Waals surface area contributed by atoms with Crippen LogP contribution < -0.4 is 10.1 Å². The van der Waals surface area contributed by atoms with Crippen molar-refractivity contribution in [1.82, 2.24) is 0 Å². The van der Waals surface area contributed by atoms with Crippen LogP contribution in [-0.2, 0) is 6.61 Å². The molecule has 0 atom stereocenters. The predicted molar refractivity (Wildman–Crippen MR) is 75.5 cm³/mol. The molecule has 0 unspecified atom stereocenters. The van der Waals surface area contributed by atoms with Gasteiger partial charge in [-0.15, -0.1) is 0 Å². The Bertz CT molecular complexity index is 658. The van der Waals surface area contributed by atoms with Crippen molar-refractivity contribution >= 4 is 17.5 Å². The minimum Gasteiger partial charge on any atom is -0.480 e. The number of hydrogen-bond acceptors (Lipinski definition) is 4. The molecule has 2 rings (SSSR count). The lowest BCUT2D eigenvalue weighted by atomic mass is 10.2. The molecular formula is C14H12N2O5. The van der Waals surface area contributed by atoms with E-state index in [2.05, 4.69) is 5.32 Å². The summed E-state index contributed by atoms with van der Waals surface area (Å²) in [6.07, 6.45) is -1.32. The molecule has 0 spiro atoms. The van der Waals surface area contributed by atoms with Gasteiger partial charge in [-0.05, 0) is 11.6 Å². The SMILES string of the molecule is O=C(O)Nc1cccc([N+](=O)[O-])c1OCc1ccccc1. The number of rotatable bonds is 5. The predicted octanol–water partition coefficient (Wildman–Crippen LogP) is 3.26. The largest absolute Gasteiger partial charge is 0.480 e. The molecular weight excluding hydrogens is 276 g/mol. The minimum atomic E-state index is -1.32. The van der Waals surface area contributed by atoms with E-state index in [4.69, 9.17) is 9.84 Å². The summed E-state index contributed by atoms with van der Waals surface area (Å²) < 4.78 is 5.45. The maximum Gasteiger partial charge on any atom is 0.409 e. The lowest BCUT2D eigenvalue weighted by molar-refractivity contribution is -0.385. The summed E-state index contributed by atoms with van der Waals surface area (Å²) in [5.74, 6) is -0.103. The summed E-state index contributed by atoms with van der Waals surface area (Å²) in [4.78, 5) is 21.1. The van der Waals surface area contributed by atoms with Crippen LogP contribution in [0.4, 0.5) is 16.2 Å². The number of nitro benzene ring substituents is 1. The van der Waals surface area contributed by atoms with Gasteiger partial charge >= 0.3 is 11.8 Å². The van der Waals surface area contributed by atoms with Crippen molar-refractivity contribution < 1.29 is 19.6 Å². The van der Waals surface area contributed by atoms with Crippen LogP contribution in [-0.4, -0.2) is 16.1 Å². The van der Waals surface area contributed by atoms with Gasteiger partial charge in [0.05, 0.1) is 10.6 Å². The van der Waals surface area contributed by atoms with E-state index in [1.165, 1.54) is 18.2 Å². The molecule has 7 nitrogen and oxygen atoms in total. The lowest BCUT2D eigenvalue weighted by Crippen LogP contribution is -2.10. The second-order valence-electron chi connectivity index (χ2n) is 4.12. The van der Waals surface area contributed by atoms with E-state index in [-0.39, 0.29) is 23.7 Å². The molecule has 1 amide bonds. The highest BCUT2D eigenvalue weighted by molar-refractivity contribution is 5.86. The van der Waals surface area contributed by atoms with Crippen molar-refractivity contribution in [2.45, 2.75) is 6.61 Å². The highest BCUT2D eigenvalue weighted by Gasteiger charge is 2.20. The third kappa shape index (κ3) is 3.69. The van der Waals surface area contributed by atoms with Crippen molar-refractivity contribution in [2.75, 3.05) is 5.32 Å². The summed E-state index contributed by atoms with van der Waals surface area (Å²) in [7, 11) is 0. The summed E-state index contributed by atoms with van der Waals surface area (Å²) in [6, 6.07) is 13.1. The molecule has 0 saturated carbocycles. The molecule has 21 heavy (non-hydrogen) atoms. The number of para-hydroxylation sites is 1. The van der Waals surface area contributed by atoms with Crippen LogP contribution in [0.3, 0.4) is 0 Å². The molecule has 0 aromatic heterocycles. The van der Waals surface area contributed by atoms with E-state index in [0.717, 1.165) is 5.56 Å². The summed E-state index contributed by atoms with van der Waals surface area (Å²) in [6.45, 7) is 0.0972. The molecule has 2 aromatic carbocycles. The maximum absolute atomic E-state index is 11.0. The Morgan fingerprint density at radius 1 is 1.19 bits per heavy atom. The number of carbonyl (C=O) groups is 1. The van der Waals surface area contributed by atoms with Gasteiger partial charge in [-0.25, -0.2) is 4.79 Å². The number of carboxylic acid groups (broad SMARTS) is 1.